The quantitative estimate of drug-likeness (QED) is 0.640. The predicted molar refractivity (Wildman–Crippen MR) is 64.9 cm³/mol. The molecule has 0 atom stereocenters. The van der Waals surface area contributed by atoms with Crippen molar-refractivity contribution < 1.29 is 0 Å². The van der Waals surface area contributed by atoms with Gasteiger partial charge < -0.3 is 0 Å². The molecule has 0 N–H and O–H groups in total. The molecule has 14 heavy (non-hydrogen) atoms. The van der Waals surface area contributed by atoms with Gasteiger partial charge in [0.1, 0.15) is 0 Å². The van der Waals surface area contributed by atoms with Crippen molar-refractivity contribution in [1.29, 1.82) is 0 Å². The van der Waals surface area contributed by atoms with E-state index in [-0.39, 0.29) is 0 Å². The molecular formula is C10H10Cl4. The van der Waals surface area contributed by atoms with E-state index in [9.17, 15) is 0 Å². The Morgan fingerprint density at radius 1 is 1.07 bits per heavy atom. The maximum absolute atomic E-state index is 5.89. The molecule has 4 heteroatoms. The smallest absolute Gasteiger partial charge is 0.0843 e. The lowest BCUT2D eigenvalue weighted by atomic mass is 10.0. The fraction of sp³-hybridized carbons (Fsp3) is 0.400. The zero-order valence-corrected chi connectivity index (χ0v) is 10.9. The summed E-state index contributed by atoms with van der Waals surface area (Å²) >= 11 is 23.1. The third-order valence-electron chi connectivity index (χ3n) is 2.04. The largest absolute Gasteiger partial charge is 0.194 e. The van der Waals surface area contributed by atoms with E-state index in [0.29, 0.717) is 11.4 Å². The Morgan fingerprint density at radius 2 is 1.50 bits per heavy atom. The number of aryl methyl sites for hydroxylation is 2. The minimum Gasteiger partial charge on any atom is -0.0843 e. The zero-order valence-electron chi connectivity index (χ0n) is 7.87. The molecule has 0 unspecified atom stereocenters. The Kier molecular flexibility index (Phi) is 3.99. The maximum atomic E-state index is 5.89. The number of benzene rings is 1. The molecule has 0 saturated heterocycles. The predicted octanol–water partition coefficient (Wildman–Crippen LogP) is 4.87. The molecule has 0 bridgehead atoms. The molecular weight excluding hydrogens is 262 g/mol. The van der Waals surface area contributed by atoms with Crippen molar-refractivity contribution in [1.82, 2.24) is 0 Å². The fourth-order valence-corrected chi connectivity index (χ4v) is 2.15. The molecule has 0 fully saturated rings. The topological polar surface area (TPSA) is 0 Å². The highest BCUT2D eigenvalue weighted by Gasteiger charge is 2.22. The third-order valence-corrected chi connectivity index (χ3v) is 2.66. The van der Waals surface area contributed by atoms with Crippen LogP contribution in [0.2, 0.25) is 5.02 Å². The summed E-state index contributed by atoms with van der Waals surface area (Å²) in [6.45, 7) is 3.93. The molecule has 0 nitrogen and oxygen atoms in total. The van der Waals surface area contributed by atoms with Gasteiger partial charge in [0.25, 0.3) is 0 Å². The first-order chi connectivity index (χ1) is 6.29. The molecule has 0 spiro atoms. The number of rotatable bonds is 1. The van der Waals surface area contributed by atoms with Crippen molar-refractivity contribution in [2.75, 3.05) is 0 Å². The van der Waals surface area contributed by atoms with Gasteiger partial charge in [0.05, 0.1) is 0 Å². The van der Waals surface area contributed by atoms with Gasteiger partial charge in [-0.15, -0.1) is 0 Å². The molecule has 0 aliphatic heterocycles. The Labute approximate surface area is 104 Å². The second-order valence-corrected chi connectivity index (χ2v) is 6.26. The second kappa shape index (κ2) is 4.49. The Morgan fingerprint density at radius 3 is 1.86 bits per heavy atom. The monoisotopic (exact) mass is 270 g/mol. The van der Waals surface area contributed by atoms with E-state index < -0.39 is 3.79 Å². The molecule has 1 rings (SSSR count). The van der Waals surface area contributed by atoms with Crippen LogP contribution in [0, 0.1) is 13.8 Å². The first-order valence-electron chi connectivity index (χ1n) is 4.12. The van der Waals surface area contributed by atoms with Gasteiger partial charge in [-0.3, -0.25) is 0 Å². The van der Waals surface area contributed by atoms with E-state index in [1.165, 1.54) is 0 Å². The lowest BCUT2D eigenvalue weighted by molar-refractivity contribution is 0.987. The summed E-state index contributed by atoms with van der Waals surface area (Å²) in [6, 6.07) is 3.75. The molecule has 1 aromatic carbocycles. The van der Waals surface area contributed by atoms with Crippen LogP contribution >= 0.6 is 46.4 Å². The minimum atomic E-state index is -1.25. The molecule has 0 amide bonds. The maximum Gasteiger partial charge on any atom is 0.194 e. The average Bonchev–Trinajstić information content (AvgIpc) is 1.95. The van der Waals surface area contributed by atoms with Crippen LogP contribution in [-0.4, -0.2) is 3.79 Å². The summed E-state index contributed by atoms with van der Waals surface area (Å²) in [5.74, 6) is 0. The number of alkyl halides is 3. The highest BCUT2D eigenvalue weighted by Crippen LogP contribution is 2.33. The molecule has 78 valence electrons. The SMILES string of the molecule is Cc1cc(Cl)cc(C)c1CC(Cl)(Cl)Cl. The van der Waals surface area contributed by atoms with Crippen LogP contribution in [0.4, 0.5) is 0 Å². The Balaban J connectivity index is 3.09. The van der Waals surface area contributed by atoms with E-state index >= 15 is 0 Å². The highest BCUT2D eigenvalue weighted by atomic mass is 35.6. The Hall–Kier alpha value is 0.380. The first-order valence-corrected chi connectivity index (χ1v) is 5.63. The van der Waals surface area contributed by atoms with Crippen molar-refractivity contribution in [3.8, 4) is 0 Å². The zero-order chi connectivity index (χ0) is 10.9. The summed E-state index contributed by atoms with van der Waals surface area (Å²) in [6.07, 6.45) is 0.409. The van der Waals surface area contributed by atoms with Crippen molar-refractivity contribution in [2.24, 2.45) is 0 Å². The van der Waals surface area contributed by atoms with Crippen molar-refractivity contribution >= 4 is 46.4 Å². The first kappa shape index (κ1) is 12.4. The number of halogens is 4. The normalized spacial score (nSPS) is 11.9. The molecule has 0 radical (unpaired) electrons. The van der Waals surface area contributed by atoms with Gasteiger partial charge in [-0.05, 0) is 42.7 Å². The summed E-state index contributed by atoms with van der Waals surface area (Å²) < 4.78 is -1.25. The van der Waals surface area contributed by atoms with Crippen LogP contribution in [0.1, 0.15) is 16.7 Å². The van der Waals surface area contributed by atoms with Gasteiger partial charge in [-0.2, -0.15) is 0 Å². The molecule has 0 aliphatic rings. The van der Waals surface area contributed by atoms with E-state index in [1.54, 1.807) is 0 Å². The lowest BCUT2D eigenvalue weighted by Gasteiger charge is -2.15. The van der Waals surface area contributed by atoms with Crippen LogP contribution in [0.5, 0.6) is 0 Å². The van der Waals surface area contributed by atoms with Crippen molar-refractivity contribution in [3.63, 3.8) is 0 Å². The van der Waals surface area contributed by atoms with Gasteiger partial charge >= 0.3 is 0 Å². The summed E-state index contributed by atoms with van der Waals surface area (Å²) in [7, 11) is 0. The number of hydrogen-bond donors (Lipinski definition) is 0. The molecule has 0 heterocycles. The van der Waals surface area contributed by atoms with Crippen LogP contribution in [0.15, 0.2) is 12.1 Å². The van der Waals surface area contributed by atoms with Crippen molar-refractivity contribution in [2.45, 2.75) is 24.1 Å². The van der Waals surface area contributed by atoms with Gasteiger partial charge in [-0.1, -0.05) is 46.4 Å². The van der Waals surface area contributed by atoms with Gasteiger partial charge in [0.2, 0.25) is 0 Å². The summed E-state index contributed by atoms with van der Waals surface area (Å²) in [4.78, 5) is 0. The van der Waals surface area contributed by atoms with Crippen LogP contribution in [0.25, 0.3) is 0 Å². The van der Waals surface area contributed by atoms with Crippen LogP contribution < -0.4 is 0 Å². The van der Waals surface area contributed by atoms with Gasteiger partial charge in [0.15, 0.2) is 3.79 Å². The van der Waals surface area contributed by atoms with E-state index in [4.69, 9.17) is 46.4 Å². The summed E-state index contributed by atoms with van der Waals surface area (Å²) in [5, 5.41) is 0.716. The van der Waals surface area contributed by atoms with E-state index in [2.05, 4.69) is 0 Å². The third kappa shape index (κ3) is 3.51. The average molecular weight is 272 g/mol. The fourth-order valence-electron chi connectivity index (χ4n) is 1.42. The lowest BCUT2D eigenvalue weighted by Crippen LogP contribution is -2.09. The summed E-state index contributed by atoms with van der Waals surface area (Å²) in [5.41, 5.74) is 3.16. The second-order valence-electron chi connectivity index (χ2n) is 3.31. The molecule has 0 aromatic heterocycles. The molecule has 0 saturated carbocycles. The van der Waals surface area contributed by atoms with Crippen LogP contribution in [0.3, 0.4) is 0 Å². The van der Waals surface area contributed by atoms with E-state index in [0.717, 1.165) is 16.7 Å². The standard InChI is InChI=1S/C10H10Cl4/c1-6-3-8(11)4-7(2)9(6)5-10(12,13)14/h3-4H,5H2,1-2H3. The number of hydrogen-bond acceptors (Lipinski definition) is 0. The highest BCUT2D eigenvalue weighted by molar-refractivity contribution is 6.67. The molecule has 0 aliphatic carbocycles. The van der Waals surface area contributed by atoms with Crippen LogP contribution in [-0.2, 0) is 6.42 Å². The van der Waals surface area contributed by atoms with E-state index in [1.807, 2.05) is 26.0 Å². The van der Waals surface area contributed by atoms with Gasteiger partial charge in [-0.25, -0.2) is 0 Å². The van der Waals surface area contributed by atoms with Gasteiger partial charge in [0, 0.05) is 11.4 Å². The van der Waals surface area contributed by atoms with Crippen molar-refractivity contribution in [3.05, 3.63) is 33.8 Å². The Bertz CT molecular complexity index is 315. The minimum absolute atomic E-state index is 0.409. The molecule has 1 aromatic rings.